The van der Waals surface area contributed by atoms with Crippen molar-refractivity contribution < 1.29 is 37.1 Å². The molecule has 4 rings (SSSR count). The van der Waals surface area contributed by atoms with Gasteiger partial charge in [0.1, 0.15) is 12.6 Å². The molecule has 0 unspecified atom stereocenters. The second kappa shape index (κ2) is 11.7. The monoisotopic (exact) mass is 572 g/mol. The zero-order valence-corrected chi connectivity index (χ0v) is 21.5. The minimum atomic E-state index is -4.82. The van der Waals surface area contributed by atoms with E-state index in [0.717, 1.165) is 34.8 Å². The molecule has 1 saturated heterocycles. The van der Waals surface area contributed by atoms with Gasteiger partial charge in [-0.2, -0.15) is 13.2 Å². The van der Waals surface area contributed by atoms with Crippen molar-refractivity contribution >= 4 is 57.9 Å². The number of rotatable bonds is 8. The fourth-order valence-electron chi connectivity index (χ4n) is 3.97. The molecule has 204 valence electrons. The molecule has 1 saturated carbocycles. The first-order chi connectivity index (χ1) is 18.0. The highest BCUT2D eigenvalue weighted by Gasteiger charge is 2.37. The molecule has 0 bridgehead atoms. The Balaban J connectivity index is 1.52. The lowest BCUT2D eigenvalue weighted by Crippen LogP contribution is -2.52. The summed E-state index contributed by atoms with van der Waals surface area (Å²) in [5.74, 6) is -2.58. The Hall–Kier alpha value is -3.16. The molecule has 14 heteroatoms. The van der Waals surface area contributed by atoms with Gasteiger partial charge >= 0.3 is 6.18 Å². The van der Waals surface area contributed by atoms with Gasteiger partial charge in [0.15, 0.2) is 0 Å². The molecular weight excluding hydrogens is 549 g/mol. The molecule has 9 nitrogen and oxygen atoms in total. The molecule has 38 heavy (non-hydrogen) atoms. The van der Waals surface area contributed by atoms with Crippen LogP contribution in [0.1, 0.15) is 34.5 Å². The SMILES string of the molecule is O=C(NC[C@@H](NC(=O)C1CCC1)C(=O)Nc1ccc(N2CCOCC2=O)c(C(F)(F)F)c1)c1ccc(Cl)s1. The van der Waals surface area contributed by atoms with Crippen molar-refractivity contribution in [3.63, 3.8) is 0 Å². The van der Waals surface area contributed by atoms with Crippen LogP contribution in [0.15, 0.2) is 30.3 Å². The van der Waals surface area contributed by atoms with Crippen LogP contribution in [0.25, 0.3) is 0 Å². The number of nitrogens with zero attached hydrogens (tertiary/aromatic N) is 1. The lowest BCUT2D eigenvalue weighted by Gasteiger charge is -2.29. The quantitative estimate of drug-likeness (QED) is 0.448. The highest BCUT2D eigenvalue weighted by molar-refractivity contribution is 7.18. The molecule has 1 aromatic heterocycles. The molecule has 1 atom stereocenters. The summed E-state index contributed by atoms with van der Waals surface area (Å²) in [7, 11) is 0. The first-order valence-electron chi connectivity index (χ1n) is 11.8. The van der Waals surface area contributed by atoms with Gasteiger partial charge in [-0.05, 0) is 43.2 Å². The van der Waals surface area contributed by atoms with Crippen LogP contribution >= 0.6 is 22.9 Å². The van der Waals surface area contributed by atoms with E-state index < -0.39 is 35.5 Å². The van der Waals surface area contributed by atoms with E-state index >= 15 is 0 Å². The van der Waals surface area contributed by atoms with E-state index in [9.17, 15) is 32.3 Å². The summed E-state index contributed by atoms with van der Waals surface area (Å²) >= 11 is 6.89. The summed E-state index contributed by atoms with van der Waals surface area (Å²) in [5.41, 5.74) is -1.64. The molecule has 4 amide bonds. The number of hydrogen-bond acceptors (Lipinski definition) is 6. The van der Waals surface area contributed by atoms with Gasteiger partial charge in [0.25, 0.3) is 11.8 Å². The number of thiophene rings is 1. The number of amides is 4. The van der Waals surface area contributed by atoms with Gasteiger partial charge in [-0.15, -0.1) is 11.3 Å². The molecule has 2 heterocycles. The highest BCUT2D eigenvalue weighted by atomic mass is 35.5. The summed E-state index contributed by atoms with van der Waals surface area (Å²) < 4.78 is 47.1. The van der Waals surface area contributed by atoms with Gasteiger partial charge in [-0.25, -0.2) is 0 Å². The van der Waals surface area contributed by atoms with Gasteiger partial charge in [0, 0.05) is 24.7 Å². The standard InChI is InChI=1S/C24H24ClF3N4O5S/c25-19-7-6-18(38-19)23(36)29-11-16(31-21(34)13-2-1-3-13)22(35)30-14-4-5-17(15(10-14)24(26,27)28)32-8-9-37-12-20(32)33/h4-7,10,13,16H,1-3,8-9,11-12H2,(H,29,36)(H,30,35)(H,31,34)/t16-/m1/s1. The van der Waals surface area contributed by atoms with Crippen LogP contribution in [0.4, 0.5) is 24.5 Å². The summed E-state index contributed by atoms with van der Waals surface area (Å²) in [6, 6.07) is 4.86. The van der Waals surface area contributed by atoms with Crippen molar-refractivity contribution in [2.45, 2.75) is 31.5 Å². The molecule has 1 aromatic carbocycles. The second-order valence-electron chi connectivity index (χ2n) is 8.82. The number of anilines is 2. The van der Waals surface area contributed by atoms with E-state index in [0.29, 0.717) is 22.1 Å². The minimum Gasteiger partial charge on any atom is -0.370 e. The molecule has 3 N–H and O–H groups in total. The molecule has 2 aliphatic rings. The average molecular weight is 573 g/mol. The number of morpholine rings is 1. The Morgan fingerprint density at radius 1 is 1.18 bits per heavy atom. The number of alkyl halides is 3. The van der Waals surface area contributed by atoms with E-state index in [4.69, 9.17) is 16.3 Å². The molecule has 1 aliphatic heterocycles. The zero-order valence-electron chi connectivity index (χ0n) is 19.9. The third kappa shape index (κ3) is 6.63. The fraction of sp³-hybridized carbons (Fsp3) is 0.417. The second-order valence-corrected chi connectivity index (χ2v) is 10.5. The largest absolute Gasteiger partial charge is 0.418 e. The Kier molecular flexibility index (Phi) is 8.58. The van der Waals surface area contributed by atoms with Gasteiger partial charge in [-0.3, -0.25) is 19.2 Å². The van der Waals surface area contributed by atoms with E-state index in [1.54, 1.807) is 0 Å². The molecular formula is C24H24ClF3N4O5S. The van der Waals surface area contributed by atoms with E-state index in [-0.39, 0.29) is 49.5 Å². The van der Waals surface area contributed by atoms with Crippen LogP contribution in [0, 0.1) is 5.92 Å². The van der Waals surface area contributed by atoms with Crippen LogP contribution < -0.4 is 20.9 Å². The van der Waals surface area contributed by atoms with Crippen molar-refractivity contribution in [1.29, 1.82) is 0 Å². The van der Waals surface area contributed by atoms with Crippen LogP contribution in [-0.4, -0.2) is 56.0 Å². The number of benzene rings is 1. The number of ether oxygens (including phenoxy) is 1. The van der Waals surface area contributed by atoms with Crippen molar-refractivity contribution in [2.24, 2.45) is 5.92 Å². The fourth-order valence-corrected chi connectivity index (χ4v) is 4.93. The number of carbonyl (C=O) groups is 4. The number of carbonyl (C=O) groups excluding carboxylic acids is 4. The molecule has 0 radical (unpaired) electrons. The van der Waals surface area contributed by atoms with E-state index in [1.807, 2.05) is 0 Å². The van der Waals surface area contributed by atoms with Crippen LogP contribution in [0.2, 0.25) is 4.34 Å². The van der Waals surface area contributed by atoms with Crippen LogP contribution in [-0.2, 0) is 25.3 Å². The molecule has 2 aromatic rings. The zero-order chi connectivity index (χ0) is 27.4. The van der Waals surface area contributed by atoms with Crippen LogP contribution in [0.5, 0.6) is 0 Å². The summed E-state index contributed by atoms with van der Waals surface area (Å²) in [6.07, 6.45) is -2.61. The minimum absolute atomic E-state index is 0.0436. The lowest BCUT2D eigenvalue weighted by molar-refractivity contribution is -0.137. The average Bonchev–Trinajstić information content (AvgIpc) is 3.26. The van der Waals surface area contributed by atoms with Crippen molar-refractivity contribution in [1.82, 2.24) is 10.6 Å². The van der Waals surface area contributed by atoms with Gasteiger partial charge in [0.2, 0.25) is 11.8 Å². The Labute approximate surface area is 224 Å². The van der Waals surface area contributed by atoms with Gasteiger partial charge in [-0.1, -0.05) is 18.0 Å². The summed E-state index contributed by atoms with van der Waals surface area (Å²) in [6.45, 7) is -0.585. The number of nitrogens with one attached hydrogen (secondary N) is 3. The first kappa shape index (κ1) is 27.9. The van der Waals surface area contributed by atoms with Crippen molar-refractivity contribution in [3.8, 4) is 0 Å². The Morgan fingerprint density at radius 3 is 2.55 bits per heavy atom. The maximum Gasteiger partial charge on any atom is 0.418 e. The summed E-state index contributed by atoms with van der Waals surface area (Å²) in [4.78, 5) is 51.4. The molecule has 0 spiro atoms. The lowest BCUT2D eigenvalue weighted by atomic mass is 9.84. The van der Waals surface area contributed by atoms with E-state index in [2.05, 4.69) is 16.0 Å². The maximum atomic E-state index is 13.9. The number of hydrogen-bond donors (Lipinski definition) is 3. The predicted molar refractivity (Wildman–Crippen MR) is 134 cm³/mol. The van der Waals surface area contributed by atoms with Crippen LogP contribution in [0.3, 0.4) is 0 Å². The predicted octanol–water partition coefficient (Wildman–Crippen LogP) is 3.44. The van der Waals surface area contributed by atoms with Gasteiger partial charge in [0.05, 0.1) is 27.1 Å². The first-order valence-corrected chi connectivity index (χ1v) is 13.0. The summed E-state index contributed by atoms with van der Waals surface area (Å²) in [5, 5.41) is 7.53. The van der Waals surface area contributed by atoms with Gasteiger partial charge < -0.3 is 25.6 Å². The maximum absolute atomic E-state index is 13.9. The molecule has 1 aliphatic carbocycles. The highest BCUT2D eigenvalue weighted by Crippen LogP contribution is 2.39. The third-order valence-corrected chi connectivity index (χ3v) is 7.45. The normalized spacial score (nSPS) is 16.9. The Morgan fingerprint density at radius 2 is 1.95 bits per heavy atom. The molecule has 2 fully saturated rings. The van der Waals surface area contributed by atoms with Crippen molar-refractivity contribution in [3.05, 3.63) is 45.1 Å². The number of halogens is 4. The topological polar surface area (TPSA) is 117 Å². The van der Waals surface area contributed by atoms with E-state index in [1.165, 1.54) is 18.2 Å². The van der Waals surface area contributed by atoms with Crippen molar-refractivity contribution in [2.75, 3.05) is 36.5 Å². The Bertz CT molecular complexity index is 1230. The third-order valence-electron chi connectivity index (χ3n) is 6.22. The smallest absolute Gasteiger partial charge is 0.370 e.